The Kier molecular flexibility index (Phi) is 4.88. The Labute approximate surface area is 127 Å². The molecule has 4 heteroatoms. The average Bonchev–Trinajstić information content (AvgIpc) is 2.48. The normalized spacial score (nSPS) is 25.4. The van der Waals surface area contributed by atoms with Gasteiger partial charge in [-0.15, -0.1) is 0 Å². The van der Waals surface area contributed by atoms with Crippen LogP contribution >= 0.6 is 0 Å². The maximum Gasteiger partial charge on any atom is 0.251 e. The maximum absolute atomic E-state index is 12.1. The molecule has 1 saturated carbocycles. The topological polar surface area (TPSA) is 52.6 Å². The van der Waals surface area contributed by atoms with Gasteiger partial charge in [0.1, 0.15) is 0 Å². The largest absolute Gasteiger partial charge is 0.388 e. The molecule has 1 aromatic rings. The zero-order valence-electron chi connectivity index (χ0n) is 13.2. The van der Waals surface area contributed by atoms with Crippen molar-refractivity contribution in [2.24, 2.45) is 5.92 Å². The highest BCUT2D eigenvalue weighted by atomic mass is 16.3. The fourth-order valence-electron chi connectivity index (χ4n) is 2.73. The maximum atomic E-state index is 12.1. The molecule has 0 bridgehead atoms. The second-order valence-electron chi connectivity index (χ2n) is 6.53. The van der Waals surface area contributed by atoms with Crippen LogP contribution in [-0.4, -0.2) is 37.3 Å². The van der Waals surface area contributed by atoms with Gasteiger partial charge in [0.05, 0.1) is 5.60 Å². The van der Waals surface area contributed by atoms with Gasteiger partial charge < -0.3 is 15.3 Å². The number of nitrogens with zero attached hydrogens (tertiary/aromatic N) is 1. The minimum absolute atomic E-state index is 0.118. The highest BCUT2D eigenvalue weighted by molar-refractivity contribution is 5.94. The van der Waals surface area contributed by atoms with E-state index in [1.807, 2.05) is 43.3 Å². The van der Waals surface area contributed by atoms with E-state index in [9.17, 15) is 9.90 Å². The molecule has 0 aromatic heterocycles. The number of carbonyl (C=O) groups excluding carboxylic acids is 1. The van der Waals surface area contributed by atoms with Crippen LogP contribution in [0.5, 0.6) is 0 Å². The summed E-state index contributed by atoms with van der Waals surface area (Å²) in [7, 11) is 3.93. The number of anilines is 1. The van der Waals surface area contributed by atoms with Gasteiger partial charge in [-0.05, 0) is 55.9 Å². The standard InChI is InChI=1S/C17H26N2O2/c1-13-8-10-17(21,11-9-13)12-18-16(20)14-4-6-15(7-5-14)19(2)3/h4-7,13,21H,8-12H2,1-3H3,(H,18,20). The van der Waals surface area contributed by atoms with E-state index in [2.05, 4.69) is 12.2 Å². The fourth-order valence-corrected chi connectivity index (χ4v) is 2.73. The van der Waals surface area contributed by atoms with Crippen LogP contribution in [0.3, 0.4) is 0 Å². The molecule has 1 aliphatic rings. The molecular weight excluding hydrogens is 264 g/mol. The van der Waals surface area contributed by atoms with E-state index in [1.165, 1.54) is 0 Å². The number of nitrogens with one attached hydrogen (secondary N) is 1. The molecule has 1 fully saturated rings. The van der Waals surface area contributed by atoms with Crippen molar-refractivity contribution < 1.29 is 9.90 Å². The van der Waals surface area contributed by atoms with Crippen LogP contribution < -0.4 is 10.2 Å². The molecule has 116 valence electrons. The Bertz CT molecular complexity index is 474. The molecule has 1 aliphatic carbocycles. The van der Waals surface area contributed by atoms with Crippen LogP contribution in [-0.2, 0) is 0 Å². The molecule has 1 amide bonds. The highest BCUT2D eigenvalue weighted by Gasteiger charge is 2.32. The number of carbonyl (C=O) groups is 1. The lowest BCUT2D eigenvalue weighted by atomic mass is 9.79. The van der Waals surface area contributed by atoms with Gasteiger partial charge in [0, 0.05) is 31.9 Å². The van der Waals surface area contributed by atoms with Gasteiger partial charge >= 0.3 is 0 Å². The predicted octanol–water partition coefficient (Wildman–Crippen LogP) is 2.42. The number of benzene rings is 1. The van der Waals surface area contributed by atoms with Crippen molar-refractivity contribution in [2.75, 3.05) is 25.5 Å². The first-order valence-electron chi connectivity index (χ1n) is 7.68. The van der Waals surface area contributed by atoms with E-state index in [4.69, 9.17) is 0 Å². The lowest BCUT2D eigenvalue weighted by Gasteiger charge is -2.34. The van der Waals surface area contributed by atoms with Crippen molar-refractivity contribution in [1.29, 1.82) is 0 Å². The molecule has 2 rings (SSSR count). The summed E-state index contributed by atoms with van der Waals surface area (Å²) in [5.74, 6) is 0.562. The van der Waals surface area contributed by atoms with Gasteiger partial charge in [0.15, 0.2) is 0 Å². The molecule has 0 radical (unpaired) electrons. The molecule has 2 N–H and O–H groups in total. The SMILES string of the molecule is CC1CCC(O)(CNC(=O)c2ccc(N(C)C)cc2)CC1. The average molecular weight is 290 g/mol. The fraction of sp³-hybridized carbons (Fsp3) is 0.588. The molecule has 21 heavy (non-hydrogen) atoms. The summed E-state index contributed by atoms with van der Waals surface area (Å²) in [6.07, 6.45) is 3.61. The Balaban J connectivity index is 1.89. The summed E-state index contributed by atoms with van der Waals surface area (Å²) in [5.41, 5.74) is 0.964. The third kappa shape index (κ3) is 4.21. The summed E-state index contributed by atoms with van der Waals surface area (Å²) in [4.78, 5) is 14.1. The summed E-state index contributed by atoms with van der Waals surface area (Å²) < 4.78 is 0. The highest BCUT2D eigenvalue weighted by Crippen LogP contribution is 2.31. The molecule has 1 aromatic carbocycles. The van der Waals surface area contributed by atoms with E-state index in [1.54, 1.807) is 0 Å². The molecule has 0 atom stereocenters. The van der Waals surface area contributed by atoms with Crippen molar-refractivity contribution in [3.63, 3.8) is 0 Å². The van der Waals surface area contributed by atoms with Crippen LogP contribution in [0.2, 0.25) is 0 Å². The Morgan fingerprint density at radius 1 is 1.29 bits per heavy atom. The van der Waals surface area contributed by atoms with E-state index in [0.717, 1.165) is 31.4 Å². The van der Waals surface area contributed by atoms with E-state index < -0.39 is 5.60 Å². The van der Waals surface area contributed by atoms with Gasteiger partial charge in [-0.25, -0.2) is 0 Å². The van der Waals surface area contributed by atoms with Crippen LogP contribution in [0.1, 0.15) is 43.0 Å². The summed E-state index contributed by atoms with van der Waals surface area (Å²) >= 11 is 0. The Hall–Kier alpha value is -1.55. The third-order valence-electron chi connectivity index (χ3n) is 4.43. The van der Waals surface area contributed by atoms with Crippen LogP contribution in [0.4, 0.5) is 5.69 Å². The van der Waals surface area contributed by atoms with Gasteiger partial charge in [0.2, 0.25) is 0 Å². The van der Waals surface area contributed by atoms with E-state index in [0.29, 0.717) is 18.0 Å². The van der Waals surface area contributed by atoms with Crippen molar-refractivity contribution in [2.45, 2.75) is 38.2 Å². The van der Waals surface area contributed by atoms with Crippen LogP contribution in [0.15, 0.2) is 24.3 Å². The molecule has 0 spiro atoms. The molecule has 0 unspecified atom stereocenters. The first-order valence-corrected chi connectivity index (χ1v) is 7.68. The molecular formula is C17H26N2O2. The predicted molar refractivity (Wildman–Crippen MR) is 85.7 cm³/mol. The molecule has 0 saturated heterocycles. The monoisotopic (exact) mass is 290 g/mol. The second-order valence-corrected chi connectivity index (χ2v) is 6.53. The zero-order chi connectivity index (χ0) is 15.5. The first-order chi connectivity index (χ1) is 9.89. The van der Waals surface area contributed by atoms with Gasteiger partial charge in [-0.1, -0.05) is 6.92 Å². The van der Waals surface area contributed by atoms with E-state index >= 15 is 0 Å². The minimum atomic E-state index is -0.730. The van der Waals surface area contributed by atoms with Crippen molar-refractivity contribution >= 4 is 11.6 Å². The molecule has 4 nitrogen and oxygen atoms in total. The van der Waals surface area contributed by atoms with Crippen molar-refractivity contribution in [3.8, 4) is 0 Å². The number of aliphatic hydroxyl groups is 1. The lowest BCUT2D eigenvalue weighted by Crippen LogP contribution is -2.45. The third-order valence-corrected chi connectivity index (χ3v) is 4.43. The first kappa shape index (κ1) is 15.8. The minimum Gasteiger partial charge on any atom is -0.388 e. The second kappa shape index (κ2) is 6.48. The quantitative estimate of drug-likeness (QED) is 0.895. The number of hydrogen-bond acceptors (Lipinski definition) is 3. The Morgan fingerprint density at radius 2 is 1.86 bits per heavy atom. The number of rotatable bonds is 4. The smallest absolute Gasteiger partial charge is 0.251 e. The van der Waals surface area contributed by atoms with Gasteiger partial charge in [0.25, 0.3) is 5.91 Å². The molecule has 0 aliphatic heterocycles. The van der Waals surface area contributed by atoms with Gasteiger partial charge in [-0.2, -0.15) is 0 Å². The summed E-state index contributed by atoms with van der Waals surface area (Å²) in [6, 6.07) is 7.48. The van der Waals surface area contributed by atoms with Gasteiger partial charge in [-0.3, -0.25) is 4.79 Å². The van der Waals surface area contributed by atoms with Crippen molar-refractivity contribution in [3.05, 3.63) is 29.8 Å². The lowest BCUT2D eigenvalue weighted by molar-refractivity contribution is -0.00539. The summed E-state index contributed by atoms with van der Waals surface area (Å²) in [6.45, 7) is 2.55. The zero-order valence-corrected chi connectivity index (χ0v) is 13.2. The van der Waals surface area contributed by atoms with Crippen molar-refractivity contribution in [1.82, 2.24) is 5.32 Å². The van der Waals surface area contributed by atoms with Crippen LogP contribution in [0.25, 0.3) is 0 Å². The molecule has 0 heterocycles. The Morgan fingerprint density at radius 3 is 2.38 bits per heavy atom. The number of amides is 1. The van der Waals surface area contributed by atoms with E-state index in [-0.39, 0.29) is 5.91 Å². The number of hydrogen-bond donors (Lipinski definition) is 2. The van der Waals surface area contributed by atoms with Crippen LogP contribution in [0, 0.1) is 5.92 Å². The summed E-state index contributed by atoms with van der Waals surface area (Å²) in [5, 5.41) is 13.4.